The van der Waals surface area contributed by atoms with Gasteiger partial charge in [0.1, 0.15) is 0 Å². The predicted octanol–water partition coefficient (Wildman–Crippen LogP) is 2.50. The van der Waals surface area contributed by atoms with Crippen LogP contribution in [0.15, 0.2) is 18.2 Å². The second-order valence-corrected chi connectivity index (χ2v) is 5.55. The zero-order valence-electron chi connectivity index (χ0n) is 10.9. The molecule has 2 amide bonds. The molecular formula is C13H17ClN2O2. The fourth-order valence-corrected chi connectivity index (χ4v) is 1.57. The zero-order valence-corrected chi connectivity index (χ0v) is 11.7. The quantitative estimate of drug-likeness (QED) is 0.769. The number of amides is 2. The first kappa shape index (κ1) is 14.5. The Morgan fingerprint density at radius 3 is 2.28 bits per heavy atom. The highest BCUT2D eigenvalue weighted by Crippen LogP contribution is 2.19. The van der Waals surface area contributed by atoms with Gasteiger partial charge in [-0.3, -0.25) is 9.59 Å². The number of rotatable bonds is 1. The number of halogens is 1. The first-order chi connectivity index (χ1) is 8.19. The van der Waals surface area contributed by atoms with E-state index in [-0.39, 0.29) is 0 Å². The van der Waals surface area contributed by atoms with Gasteiger partial charge in [-0.15, -0.1) is 0 Å². The fraction of sp³-hybridized carbons (Fsp3) is 0.385. The van der Waals surface area contributed by atoms with Crippen LogP contribution in [0.4, 0.5) is 5.69 Å². The summed E-state index contributed by atoms with van der Waals surface area (Å²) in [5, 5.41) is 5.73. The molecule has 1 aromatic carbocycles. The summed E-state index contributed by atoms with van der Waals surface area (Å²) in [6, 6.07) is 5.05. The fourth-order valence-electron chi connectivity index (χ4n) is 1.34. The first-order valence-electron chi connectivity index (χ1n) is 5.59. The lowest BCUT2D eigenvalue weighted by atomic mass is 10.1. The van der Waals surface area contributed by atoms with Crippen molar-refractivity contribution in [3.8, 4) is 0 Å². The molecule has 0 aliphatic heterocycles. The predicted molar refractivity (Wildman–Crippen MR) is 72.7 cm³/mol. The molecule has 0 aliphatic carbocycles. The van der Waals surface area contributed by atoms with Crippen molar-refractivity contribution in [3.63, 3.8) is 0 Å². The Morgan fingerprint density at radius 1 is 1.17 bits per heavy atom. The van der Waals surface area contributed by atoms with Crippen LogP contribution in [-0.4, -0.2) is 17.4 Å². The largest absolute Gasteiger partial charge is 0.343 e. The molecule has 0 saturated carbocycles. The zero-order chi connectivity index (χ0) is 13.9. The van der Waals surface area contributed by atoms with Gasteiger partial charge in [0.05, 0.1) is 0 Å². The van der Waals surface area contributed by atoms with E-state index in [0.717, 1.165) is 5.56 Å². The third kappa shape index (κ3) is 4.37. The number of hydrogen-bond donors (Lipinski definition) is 2. The van der Waals surface area contributed by atoms with Gasteiger partial charge in [0.25, 0.3) is 0 Å². The van der Waals surface area contributed by atoms with Gasteiger partial charge in [-0.1, -0.05) is 11.6 Å². The monoisotopic (exact) mass is 268 g/mol. The van der Waals surface area contributed by atoms with Crippen molar-refractivity contribution in [1.82, 2.24) is 5.32 Å². The van der Waals surface area contributed by atoms with Gasteiger partial charge in [-0.2, -0.15) is 0 Å². The molecule has 5 heteroatoms. The van der Waals surface area contributed by atoms with E-state index < -0.39 is 17.4 Å². The number of hydrogen-bond acceptors (Lipinski definition) is 2. The normalized spacial score (nSPS) is 10.9. The van der Waals surface area contributed by atoms with E-state index in [1.165, 1.54) is 0 Å². The van der Waals surface area contributed by atoms with Crippen LogP contribution in [0.3, 0.4) is 0 Å². The van der Waals surface area contributed by atoms with Gasteiger partial charge in [-0.05, 0) is 51.5 Å². The molecule has 4 nitrogen and oxygen atoms in total. The van der Waals surface area contributed by atoms with Gasteiger partial charge < -0.3 is 10.6 Å². The van der Waals surface area contributed by atoms with Crippen LogP contribution in [0.2, 0.25) is 5.02 Å². The van der Waals surface area contributed by atoms with Crippen LogP contribution in [0.5, 0.6) is 0 Å². The van der Waals surface area contributed by atoms with Gasteiger partial charge in [0, 0.05) is 16.2 Å². The van der Waals surface area contributed by atoms with Crippen LogP contribution in [0, 0.1) is 6.92 Å². The minimum atomic E-state index is -0.685. The van der Waals surface area contributed by atoms with Crippen molar-refractivity contribution in [2.45, 2.75) is 33.2 Å². The number of benzene rings is 1. The molecule has 0 aromatic heterocycles. The van der Waals surface area contributed by atoms with Crippen molar-refractivity contribution < 1.29 is 9.59 Å². The second-order valence-electron chi connectivity index (χ2n) is 5.12. The van der Waals surface area contributed by atoms with Crippen LogP contribution in [0.1, 0.15) is 26.3 Å². The smallest absolute Gasteiger partial charge is 0.313 e. The minimum Gasteiger partial charge on any atom is -0.343 e. The highest BCUT2D eigenvalue weighted by molar-refractivity contribution is 6.40. The molecule has 1 aromatic rings. The van der Waals surface area contributed by atoms with E-state index in [0.29, 0.717) is 10.7 Å². The maximum absolute atomic E-state index is 11.7. The van der Waals surface area contributed by atoms with Gasteiger partial charge in [-0.25, -0.2) is 0 Å². The molecule has 18 heavy (non-hydrogen) atoms. The lowest BCUT2D eigenvalue weighted by Crippen LogP contribution is -2.46. The molecule has 0 radical (unpaired) electrons. The van der Waals surface area contributed by atoms with Crippen molar-refractivity contribution >= 4 is 29.1 Å². The summed E-state index contributed by atoms with van der Waals surface area (Å²) in [5.41, 5.74) is 0.941. The van der Waals surface area contributed by atoms with E-state index in [2.05, 4.69) is 10.6 Å². The van der Waals surface area contributed by atoms with E-state index in [9.17, 15) is 9.59 Å². The Hall–Kier alpha value is -1.55. The molecule has 0 fully saturated rings. The molecule has 0 unspecified atom stereocenters. The lowest BCUT2D eigenvalue weighted by Gasteiger charge is -2.20. The highest BCUT2D eigenvalue weighted by atomic mass is 35.5. The maximum atomic E-state index is 11.7. The van der Waals surface area contributed by atoms with Crippen molar-refractivity contribution in [1.29, 1.82) is 0 Å². The number of nitrogens with one attached hydrogen (secondary N) is 2. The Bertz CT molecular complexity index is 478. The standard InChI is InChI=1S/C13H17ClN2O2/c1-8-7-9(14)5-6-10(8)15-11(17)12(18)16-13(2,3)4/h5-7H,1-4H3,(H,15,17)(H,16,18). The van der Waals surface area contributed by atoms with Gasteiger partial charge >= 0.3 is 11.8 Å². The van der Waals surface area contributed by atoms with Gasteiger partial charge in [0.15, 0.2) is 0 Å². The van der Waals surface area contributed by atoms with Crippen LogP contribution in [0.25, 0.3) is 0 Å². The van der Waals surface area contributed by atoms with E-state index in [1.54, 1.807) is 18.2 Å². The molecule has 2 N–H and O–H groups in total. The Balaban J connectivity index is 2.73. The third-order valence-electron chi connectivity index (χ3n) is 2.13. The average molecular weight is 269 g/mol. The van der Waals surface area contributed by atoms with Crippen LogP contribution >= 0.6 is 11.6 Å². The molecular weight excluding hydrogens is 252 g/mol. The number of aryl methyl sites for hydroxylation is 1. The number of carbonyl (C=O) groups is 2. The summed E-state index contributed by atoms with van der Waals surface area (Å²) in [6.45, 7) is 7.24. The second kappa shape index (κ2) is 5.40. The lowest BCUT2D eigenvalue weighted by molar-refractivity contribution is -0.137. The number of anilines is 1. The first-order valence-corrected chi connectivity index (χ1v) is 5.96. The molecule has 0 atom stereocenters. The molecule has 98 valence electrons. The summed E-state index contributed by atoms with van der Waals surface area (Å²) in [7, 11) is 0. The summed E-state index contributed by atoms with van der Waals surface area (Å²) in [6.07, 6.45) is 0. The van der Waals surface area contributed by atoms with Gasteiger partial charge in [0.2, 0.25) is 0 Å². The minimum absolute atomic E-state index is 0.441. The molecule has 0 aliphatic rings. The number of carbonyl (C=O) groups excluding carboxylic acids is 2. The summed E-state index contributed by atoms with van der Waals surface area (Å²) in [5.74, 6) is -1.34. The highest BCUT2D eigenvalue weighted by Gasteiger charge is 2.20. The Labute approximate surface area is 112 Å². The SMILES string of the molecule is Cc1cc(Cl)ccc1NC(=O)C(=O)NC(C)(C)C. The van der Waals surface area contributed by atoms with E-state index in [4.69, 9.17) is 11.6 Å². The Kier molecular flexibility index (Phi) is 4.35. The topological polar surface area (TPSA) is 58.2 Å². The molecule has 0 spiro atoms. The van der Waals surface area contributed by atoms with E-state index >= 15 is 0 Å². The molecule has 0 saturated heterocycles. The van der Waals surface area contributed by atoms with E-state index in [1.807, 2.05) is 27.7 Å². The summed E-state index contributed by atoms with van der Waals surface area (Å²) >= 11 is 5.81. The molecule has 1 rings (SSSR count). The summed E-state index contributed by atoms with van der Waals surface area (Å²) < 4.78 is 0. The van der Waals surface area contributed by atoms with Crippen molar-refractivity contribution in [3.05, 3.63) is 28.8 Å². The van der Waals surface area contributed by atoms with Crippen LogP contribution < -0.4 is 10.6 Å². The Morgan fingerprint density at radius 2 is 1.78 bits per heavy atom. The maximum Gasteiger partial charge on any atom is 0.313 e. The molecule has 0 heterocycles. The summed E-state index contributed by atoms with van der Waals surface area (Å²) in [4.78, 5) is 23.3. The molecule has 0 bridgehead atoms. The van der Waals surface area contributed by atoms with Crippen molar-refractivity contribution in [2.24, 2.45) is 0 Å². The van der Waals surface area contributed by atoms with Crippen molar-refractivity contribution in [2.75, 3.05) is 5.32 Å². The average Bonchev–Trinajstić information content (AvgIpc) is 2.19. The van der Waals surface area contributed by atoms with Crippen LogP contribution in [-0.2, 0) is 9.59 Å². The third-order valence-corrected chi connectivity index (χ3v) is 2.37.